The number of hydrogen-bond acceptors (Lipinski definition) is 3. The van der Waals surface area contributed by atoms with Gasteiger partial charge in [0.15, 0.2) is 11.3 Å². The lowest BCUT2D eigenvalue weighted by atomic mass is 10.2. The molecule has 0 aliphatic rings. The highest BCUT2D eigenvalue weighted by Gasteiger charge is 2.15. The van der Waals surface area contributed by atoms with E-state index in [9.17, 15) is 0 Å². The number of rotatable bonds is 3. The van der Waals surface area contributed by atoms with Crippen LogP contribution in [0.3, 0.4) is 0 Å². The summed E-state index contributed by atoms with van der Waals surface area (Å²) in [6, 6.07) is 7.83. The molecule has 3 aromatic rings. The second-order valence-electron chi connectivity index (χ2n) is 3.82. The maximum Gasteiger partial charge on any atom is 0.196 e. The highest BCUT2D eigenvalue weighted by Crippen LogP contribution is 2.36. The Morgan fingerprint density at radius 2 is 2.22 bits per heavy atom. The van der Waals surface area contributed by atoms with Crippen molar-refractivity contribution in [2.75, 3.05) is 6.61 Å². The summed E-state index contributed by atoms with van der Waals surface area (Å²) < 4.78 is 12.1. The second-order valence-corrected chi connectivity index (χ2v) is 4.67. The summed E-state index contributed by atoms with van der Waals surface area (Å²) >= 11 is 3.42. The largest absolute Gasteiger partial charge is 0.485 e. The first kappa shape index (κ1) is 11.3. The van der Waals surface area contributed by atoms with Crippen LogP contribution in [-0.4, -0.2) is 11.6 Å². The number of aromatic nitrogens is 1. The number of hydrogen-bond donors (Lipinski definition) is 0. The van der Waals surface area contributed by atoms with Crippen LogP contribution in [0.2, 0.25) is 0 Å². The van der Waals surface area contributed by atoms with E-state index in [0.29, 0.717) is 17.9 Å². The molecule has 18 heavy (non-hydrogen) atoms. The van der Waals surface area contributed by atoms with Crippen molar-refractivity contribution in [3.63, 3.8) is 0 Å². The van der Waals surface area contributed by atoms with Gasteiger partial charge in [0, 0.05) is 5.39 Å². The van der Waals surface area contributed by atoms with E-state index in [4.69, 9.17) is 9.15 Å². The van der Waals surface area contributed by atoms with Gasteiger partial charge < -0.3 is 9.15 Å². The van der Waals surface area contributed by atoms with E-state index in [1.807, 2.05) is 24.3 Å². The molecule has 0 N–H and O–H groups in total. The molecule has 1 aromatic carbocycles. The molecule has 0 saturated heterocycles. The van der Waals surface area contributed by atoms with Crippen molar-refractivity contribution >= 4 is 37.9 Å². The van der Waals surface area contributed by atoms with Crippen LogP contribution < -0.4 is 4.74 Å². The van der Waals surface area contributed by atoms with Gasteiger partial charge in [-0.05, 0) is 28.1 Å². The molecule has 0 bridgehead atoms. The topological polar surface area (TPSA) is 35.3 Å². The van der Waals surface area contributed by atoms with E-state index >= 15 is 0 Å². The summed E-state index contributed by atoms with van der Waals surface area (Å²) in [6.07, 6.45) is 3.33. The van der Waals surface area contributed by atoms with E-state index in [1.54, 1.807) is 12.3 Å². The Balaban J connectivity index is 2.38. The zero-order valence-electron chi connectivity index (χ0n) is 9.52. The van der Waals surface area contributed by atoms with Crippen LogP contribution in [0, 0.1) is 0 Å². The van der Waals surface area contributed by atoms with Gasteiger partial charge in [0.05, 0.1) is 9.99 Å². The zero-order valence-corrected chi connectivity index (χ0v) is 11.1. The number of para-hydroxylation sites is 1. The lowest BCUT2D eigenvalue weighted by Crippen LogP contribution is -1.95. The summed E-state index contributed by atoms with van der Waals surface area (Å²) in [4.78, 5) is 4.56. The van der Waals surface area contributed by atoms with Gasteiger partial charge in [0.1, 0.15) is 18.4 Å². The molecule has 0 aliphatic heterocycles. The lowest BCUT2D eigenvalue weighted by Gasteiger charge is -2.07. The Labute approximate surface area is 112 Å². The smallest absolute Gasteiger partial charge is 0.196 e. The van der Waals surface area contributed by atoms with Crippen LogP contribution in [0.4, 0.5) is 0 Å². The van der Waals surface area contributed by atoms with Crippen molar-refractivity contribution in [1.29, 1.82) is 0 Å². The maximum atomic E-state index is 5.72. The summed E-state index contributed by atoms with van der Waals surface area (Å²) in [7, 11) is 0. The summed E-state index contributed by atoms with van der Waals surface area (Å²) in [5.41, 5.74) is 2.31. The van der Waals surface area contributed by atoms with Gasteiger partial charge in [-0.1, -0.05) is 24.8 Å². The Bertz CT molecular complexity index is 733. The van der Waals surface area contributed by atoms with Gasteiger partial charge in [-0.15, -0.1) is 0 Å². The van der Waals surface area contributed by atoms with Crippen molar-refractivity contribution in [3.05, 3.63) is 47.7 Å². The fraction of sp³-hybridized carbons (Fsp3) is 0.0714. The normalized spacial score (nSPS) is 10.9. The quantitative estimate of drug-likeness (QED) is 0.676. The van der Waals surface area contributed by atoms with E-state index < -0.39 is 0 Å². The van der Waals surface area contributed by atoms with Crippen molar-refractivity contribution in [1.82, 2.24) is 4.98 Å². The fourth-order valence-electron chi connectivity index (χ4n) is 1.89. The van der Waals surface area contributed by atoms with Crippen LogP contribution in [0.25, 0.3) is 22.0 Å². The first-order valence-electron chi connectivity index (χ1n) is 5.50. The highest BCUT2D eigenvalue weighted by molar-refractivity contribution is 9.10. The molecule has 90 valence electrons. The average molecular weight is 304 g/mol. The molecule has 3 rings (SSSR count). The number of furan rings is 1. The molecule has 0 amide bonds. The molecular weight excluding hydrogens is 294 g/mol. The number of halogens is 1. The summed E-state index contributed by atoms with van der Waals surface area (Å²) in [6.45, 7) is 4.09. The predicted octanol–water partition coefficient (Wildman–Crippen LogP) is 4.31. The van der Waals surface area contributed by atoms with Gasteiger partial charge in [-0.2, -0.15) is 0 Å². The first-order valence-corrected chi connectivity index (χ1v) is 6.29. The average Bonchev–Trinajstić information content (AvgIpc) is 2.76. The molecule has 0 atom stereocenters. The first-order chi connectivity index (χ1) is 8.81. The Morgan fingerprint density at radius 3 is 3.06 bits per heavy atom. The van der Waals surface area contributed by atoms with Gasteiger partial charge >= 0.3 is 0 Å². The summed E-state index contributed by atoms with van der Waals surface area (Å²) in [5, 5.41) is 0.939. The van der Waals surface area contributed by atoms with E-state index in [1.165, 1.54) is 0 Å². The summed E-state index contributed by atoms with van der Waals surface area (Å²) in [5.74, 6) is 0.709. The van der Waals surface area contributed by atoms with Crippen LogP contribution in [0.15, 0.2) is 52.1 Å². The van der Waals surface area contributed by atoms with Gasteiger partial charge in [0.2, 0.25) is 0 Å². The number of pyridine rings is 1. The molecule has 0 aliphatic carbocycles. The third-order valence-electron chi connectivity index (χ3n) is 2.65. The third-order valence-corrected chi connectivity index (χ3v) is 3.22. The Morgan fingerprint density at radius 1 is 1.39 bits per heavy atom. The molecule has 0 unspecified atom stereocenters. The van der Waals surface area contributed by atoms with Gasteiger partial charge in [-0.25, -0.2) is 4.98 Å². The second kappa shape index (κ2) is 4.46. The third kappa shape index (κ3) is 1.69. The maximum absolute atomic E-state index is 5.72. The van der Waals surface area contributed by atoms with Gasteiger partial charge in [-0.3, -0.25) is 0 Å². The molecule has 4 heteroatoms. The number of benzene rings is 1. The van der Waals surface area contributed by atoms with E-state index in [0.717, 1.165) is 20.9 Å². The minimum absolute atomic E-state index is 0.432. The molecule has 2 heterocycles. The molecule has 3 nitrogen and oxygen atoms in total. The molecule has 2 aromatic heterocycles. The molecule has 0 fully saturated rings. The molecule has 0 spiro atoms. The van der Waals surface area contributed by atoms with E-state index in [-0.39, 0.29) is 0 Å². The monoisotopic (exact) mass is 303 g/mol. The number of ether oxygens (including phenoxy) is 1. The highest BCUT2D eigenvalue weighted by atomic mass is 79.9. The van der Waals surface area contributed by atoms with Crippen LogP contribution in [0.1, 0.15) is 0 Å². The predicted molar refractivity (Wildman–Crippen MR) is 74.9 cm³/mol. The van der Waals surface area contributed by atoms with Crippen molar-refractivity contribution in [2.45, 2.75) is 0 Å². The minimum Gasteiger partial charge on any atom is -0.485 e. The molecular formula is C14H10BrNO2. The number of fused-ring (bicyclic) bond motifs is 2. The fourth-order valence-corrected chi connectivity index (χ4v) is 2.25. The SMILES string of the molecule is C=CCOc1c2ccccc2nc2c(Br)coc12. The van der Waals surface area contributed by atoms with Crippen LogP contribution >= 0.6 is 15.9 Å². The van der Waals surface area contributed by atoms with Crippen LogP contribution in [-0.2, 0) is 0 Å². The van der Waals surface area contributed by atoms with Crippen LogP contribution in [0.5, 0.6) is 5.75 Å². The standard InChI is InChI=1S/C14H10BrNO2/c1-2-7-17-13-9-5-3-4-6-11(9)16-12-10(15)8-18-14(12)13/h2-6,8H,1,7H2. The Hall–Kier alpha value is -1.81. The van der Waals surface area contributed by atoms with Crippen molar-refractivity contribution in [2.24, 2.45) is 0 Å². The minimum atomic E-state index is 0.432. The zero-order chi connectivity index (χ0) is 12.5. The van der Waals surface area contributed by atoms with Gasteiger partial charge in [0.25, 0.3) is 0 Å². The van der Waals surface area contributed by atoms with Crippen molar-refractivity contribution in [3.8, 4) is 5.75 Å². The molecule has 0 radical (unpaired) electrons. The lowest BCUT2D eigenvalue weighted by molar-refractivity contribution is 0.365. The van der Waals surface area contributed by atoms with Crippen molar-refractivity contribution < 1.29 is 9.15 Å². The number of nitrogens with zero attached hydrogens (tertiary/aromatic N) is 1. The Kier molecular flexibility index (Phi) is 2.80. The molecule has 0 saturated carbocycles. The van der Waals surface area contributed by atoms with E-state index in [2.05, 4.69) is 27.5 Å².